The van der Waals surface area contributed by atoms with Crippen LogP contribution in [-0.2, 0) is 6.42 Å². The van der Waals surface area contributed by atoms with Crippen LogP contribution in [0.2, 0.25) is 0 Å². The fourth-order valence-electron chi connectivity index (χ4n) is 1.15. The maximum atomic E-state index is 5.68. The molecule has 0 aliphatic rings. The first-order chi connectivity index (χ1) is 6.75. The highest BCUT2D eigenvalue weighted by atomic mass is 32.1. The summed E-state index contributed by atoms with van der Waals surface area (Å²) < 4.78 is 0. The molecule has 0 aromatic carbocycles. The lowest BCUT2D eigenvalue weighted by Gasteiger charge is -1.99. The van der Waals surface area contributed by atoms with Crippen molar-refractivity contribution in [2.75, 3.05) is 0 Å². The van der Waals surface area contributed by atoms with Gasteiger partial charge < -0.3 is 5.73 Å². The Labute approximate surface area is 85.4 Å². The van der Waals surface area contributed by atoms with E-state index in [0.717, 1.165) is 22.8 Å². The average molecular weight is 209 g/mol. The Morgan fingerprint density at radius 1 is 1.64 bits per heavy atom. The van der Waals surface area contributed by atoms with Crippen molar-refractivity contribution in [1.29, 1.82) is 0 Å². The summed E-state index contributed by atoms with van der Waals surface area (Å²) in [6.07, 6.45) is 2.46. The molecule has 0 saturated heterocycles. The third kappa shape index (κ3) is 1.97. The second kappa shape index (κ2) is 3.85. The maximum Gasteiger partial charge on any atom is 0.145 e. The highest BCUT2D eigenvalue weighted by Crippen LogP contribution is 2.20. The quantitative estimate of drug-likeness (QED) is 0.784. The Bertz CT molecular complexity index is 392. The van der Waals surface area contributed by atoms with Crippen molar-refractivity contribution < 1.29 is 0 Å². The second-order valence-corrected chi connectivity index (χ2v) is 4.04. The molecule has 74 valence electrons. The van der Waals surface area contributed by atoms with E-state index < -0.39 is 0 Å². The number of nitrogens with zero attached hydrogens (tertiary/aromatic N) is 3. The number of aromatic amines is 1. The molecule has 6 heteroatoms. The van der Waals surface area contributed by atoms with Crippen molar-refractivity contribution in [3.8, 4) is 10.7 Å². The van der Waals surface area contributed by atoms with Crippen LogP contribution in [-0.4, -0.2) is 26.4 Å². The Balaban J connectivity index is 2.18. The first-order valence-electron chi connectivity index (χ1n) is 4.32. The molecular formula is C8H11N5S. The van der Waals surface area contributed by atoms with Gasteiger partial charge in [-0.25, -0.2) is 4.98 Å². The molecule has 0 bridgehead atoms. The monoisotopic (exact) mass is 209 g/mol. The number of nitrogens with one attached hydrogen (secondary N) is 1. The Kier molecular flexibility index (Phi) is 2.55. The largest absolute Gasteiger partial charge is 0.328 e. The predicted octanol–water partition coefficient (Wildman–Crippen LogP) is 0.818. The van der Waals surface area contributed by atoms with Crippen molar-refractivity contribution in [1.82, 2.24) is 20.4 Å². The summed E-state index contributed by atoms with van der Waals surface area (Å²) in [7, 11) is 0. The molecule has 0 spiro atoms. The van der Waals surface area contributed by atoms with E-state index in [1.807, 2.05) is 12.3 Å². The fourth-order valence-corrected chi connectivity index (χ4v) is 1.94. The van der Waals surface area contributed by atoms with E-state index in [9.17, 15) is 0 Å². The molecule has 0 fully saturated rings. The summed E-state index contributed by atoms with van der Waals surface area (Å²) in [6.45, 7) is 1.97. The molecule has 14 heavy (non-hydrogen) atoms. The van der Waals surface area contributed by atoms with Crippen LogP contribution in [0.3, 0.4) is 0 Å². The topological polar surface area (TPSA) is 80.5 Å². The maximum absolute atomic E-state index is 5.68. The average Bonchev–Trinajstić information content (AvgIpc) is 2.69. The number of nitrogens with two attached hydrogens (primary N) is 1. The zero-order chi connectivity index (χ0) is 9.97. The van der Waals surface area contributed by atoms with Crippen molar-refractivity contribution >= 4 is 11.3 Å². The van der Waals surface area contributed by atoms with Gasteiger partial charge in [0.1, 0.15) is 10.7 Å². The van der Waals surface area contributed by atoms with Crippen LogP contribution in [0.15, 0.2) is 11.6 Å². The molecule has 1 atom stereocenters. The van der Waals surface area contributed by atoms with Crippen molar-refractivity contribution in [2.24, 2.45) is 5.73 Å². The minimum Gasteiger partial charge on any atom is -0.328 e. The minimum atomic E-state index is 0.141. The van der Waals surface area contributed by atoms with Crippen LogP contribution >= 0.6 is 11.3 Å². The lowest BCUT2D eigenvalue weighted by molar-refractivity contribution is 0.726. The third-order valence-electron chi connectivity index (χ3n) is 1.72. The Hall–Kier alpha value is -1.27. The molecule has 5 nitrogen and oxygen atoms in total. The number of H-pyrrole nitrogens is 1. The van der Waals surface area contributed by atoms with Crippen LogP contribution < -0.4 is 5.73 Å². The highest BCUT2D eigenvalue weighted by Gasteiger charge is 2.07. The number of aromatic nitrogens is 4. The molecule has 2 rings (SSSR count). The summed E-state index contributed by atoms with van der Waals surface area (Å²) >= 11 is 1.56. The van der Waals surface area contributed by atoms with Crippen LogP contribution in [0.25, 0.3) is 10.7 Å². The first-order valence-corrected chi connectivity index (χ1v) is 5.20. The van der Waals surface area contributed by atoms with Gasteiger partial charge >= 0.3 is 0 Å². The van der Waals surface area contributed by atoms with E-state index in [-0.39, 0.29) is 6.04 Å². The van der Waals surface area contributed by atoms with Gasteiger partial charge in [0, 0.05) is 17.8 Å². The van der Waals surface area contributed by atoms with Gasteiger partial charge in [-0.05, 0) is 6.92 Å². The lowest BCUT2D eigenvalue weighted by Crippen LogP contribution is -2.17. The number of thiazole rings is 1. The summed E-state index contributed by atoms with van der Waals surface area (Å²) in [6, 6.07) is 0.141. The van der Waals surface area contributed by atoms with Gasteiger partial charge in [0.2, 0.25) is 0 Å². The van der Waals surface area contributed by atoms with Crippen molar-refractivity contribution in [2.45, 2.75) is 19.4 Å². The van der Waals surface area contributed by atoms with E-state index in [2.05, 4.69) is 20.4 Å². The zero-order valence-electron chi connectivity index (χ0n) is 7.77. The lowest BCUT2D eigenvalue weighted by atomic mass is 10.2. The van der Waals surface area contributed by atoms with Gasteiger partial charge in [0.25, 0.3) is 0 Å². The molecule has 0 aliphatic heterocycles. The van der Waals surface area contributed by atoms with Gasteiger partial charge in [-0.15, -0.1) is 11.3 Å². The van der Waals surface area contributed by atoms with E-state index in [4.69, 9.17) is 5.73 Å². The number of hydrogen-bond acceptors (Lipinski definition) is 5. The van der Waals surface area contributed by atoms with E-state index in [1.165, 1.54) is 0 Å². The van der Waals surface area contributed by atoms with Gasteiger partial charge in [0.05, 0.1) is 11.9 Å². The number of rotatable bonds is 3. The predicted molar refractivity (Wildman–Crippen MR) is 54.8 cm³/mol. The smallest absolute Gasteiger partial charge is 0.145 e. The van der Waals surface area contributed by atoms with Gasteiger partial charge in [0.15, 0.2) is 0 Å². The zero-order valence-corrected chi connectivity index (χ0v) is 8.58. The summed E-state index contributed by atoms with van der Waals surface area (Å²) in [5.41, 5.74) is 7.48. The molecule has 3 N–H and O–H groups in total. The SMILES string of the molecule is CC(N)Cc1csc(-c2cn[nH]n2)n1. The molecule has 0 saturated carbocycles. The van der Waals surface area contributed by atoms with Gasteiger partial charge in [-0.3, -0.25) is 0 Å². The molecule has 0 amide bonds. The summed E-state index contributed by atoms with van der Waals surface area (Å²) in [4.78, 5) is 4.41. The van der Waals surface area contributed by atoms with Crippen LogP contribution in [0.1, 0.15) is 12.6 Å². The fraction of sp³-hybridized carbons (Fsp3) is 0.375. The van der Waals surface area contributed by atoms with Crippen LogP contribution in [0.4, 0.5) is 0 Å². The van der Waals surface area contributed by atoms with Crippen molar-refractivity contribution in [3.63, 3.8) is 0 Å². The Morgan fingerprint density at radius 3 is 3.14 bits per heavy atom. The first kappa shape index (κ1) is 9.29. The van der Waals surface area contributed by atoms with E-state index in [1.54, 1.807) is 17.5 Å². The van der Waals surface area contributed by atoms with E-state index in [0.29, 0.717) is 0 Å². The van der Waals surface area contributed by atoms with Crippen LogP contribution in [0.5, 0.6) is 0 Å². The van der Waals surface area contributed by atoms with E-state index >= 15 is 0 Å². The molecule has 2 heterocycles. The third-order valence-corrected chi connectivity index (χ3v) is 2.63. The molecular weight excluding hydrogens is 198 g/mol. The number of hydrogen-bond donors (Lipinski definition) is 2. The highest BCUT2D eigenvalue weighted by molar-refractivity contribution is 7.13. The standard InChI is InChI=1S/C8H11N5S/c1-5(9)2-6-4-14-8(11-6)7-3-10-13-12-7/h3-5H,2,9H2,1H3,(H,10,12,13). The summed E-state index contributed by atoms with van der Waals surface area (Å²) in [5, 5.41) is 13.1. The molecule has 1 unspecified atom stereocenters. The molecule has 0 aliphatic carbocycles. The summed E-state index contributed by atoms with van der Waals surface area (Å²) in [5.74, 6) is 0. The molecule has 2 aromatic heterocycles. The normalized spacial score (nSPS) is 13.0. The Morgan fingerprint density at radius 2 is 2.50 bits per heavy atom. The molecule has 0 radical (unpaired) electrons. The van der Waals surface area contributed by atoms with Crippen molar-refractivity contribution in [3.05, 3.63) is 17.3 Å². The second-order valence-electron chi connectivity index (χ2n) is 3.18. The molecule has 2 aromatic rings. The van der Waals surface area contributed by atoms with Crippen LogP contribution in [0, 0.1) is 0 Å². The van der Waals surface area contributed by atoms with Gasteiger partial charge in [-0.1, -0.05) is 0 Å². The minimum absolute atomic E-state index is 0.141. The van der Waals surface area contributed by atoms with Gasteiger partial charge in [-0.2, -0.15) is 15.4 Å².